The number of amides is 2. The second-order valence-electron chi connectivity index (χ2n) is 7.91. The fourth-order valence-electron chi connectivity index (χ4n) is 2.31. The number of likely N-dealkylation sites (N-methyl/N-ethyl adjacent to an activating group) is 1. The lowest BCUT2D eigenvalue weighted by Crippen LogP contribution is -2.46. The Morgan fingerprint density at radius 1 is 1.28 bits per heavy atom. The first kappa shape index (κ1) is 21.5. The highest BCUT2D eigenvalue weighted by molar-refractivity contribution is 7.99. The number of carbonyl (C=O) groups is 2. The third kappa shape index (κ3) is 7.10. The minimum absolute atomic E-state index is 0.0646. The summed E-state index contributed by atoms with van der Waals surface area (Å²) in [5.74, 6) is 0.545. The van der Waals surface area contributed by atoms with Crippen LogP contribution in [0.25, 0.3) is 0 Å². The molecule has 0 saturated heterocycles. The molecule has 0 aliphatic carbocycles. The molecule has 0 aromatic carbocycles. The molecule has 0 atom stereocenters. The summed E-state index contributed by atoms with van der Waals surface area (Å²) < 4.78 is 2.17. The van der Waals surface area contributed by atoms with Gasteiger partial charge < -0.3 is 14.8 Å². The van der Waals surface area contributed by atoms with Gasteiger partial charge in [-0.2, -0.15) is 0 Å². The van der Waals surface area contributed by atoms with Crippen molar-refractivity contribution >= 4 is 23.6 Å². The molecule has 0 unspecified atom stereocenters. The summed E-state index contributed by atoms with van der Waals surface area (Å²) >= 11 is 1.43. The van der Waals surface area contributed by atoms with E-state index in [1.54, 1.807) is 7.05 Å². The molecule has 0 aliphatic heterocycles. The third-order valence-electron chi connectivity index (χ3n) is 3.62. The van der Waals surface area contributed by atoms with E-state index in [1.807, 2.05) is 27.7 Å². The average Bonchev–Trinajstić information content (AvgIpc) is 2.69. The fourth-order valence-corrected chi connectivity index (χ4v) is 3.35. The van der Waals surface area contributed by atoms with Gasteiger partial charge in [0.05, 0.1) is 18.0 Å². The normalized spacial score (nSPS) is 11.7. The molecule has 0 fully saturated rings. The Hall–Kier alpha value is -1.50. The Balaban J connectivity index is 2.64. The molecule has 2 amide bonds. The van der Waals surface area contributed by atoms with Gasteiger partial charge in [-0.25, -0.2) is 4.98 Å². The lowest BCUT2D eigenvalue weighted by atomic mass is 10.1. The van der Waals surface area contributed by atoms with Crippen molar-refractivity contribution in [1.29, 1.82) is 0 Å². The van der Waals surface area contributed by atoms with Gasteiger partial charge in [-0.05, 0) is 40.5 Å². The zero-order chi connectivity index (χ0) is 19.4. The Morgan fingerprint density at radius 3 is 2.40 bits per heavy atom. The summed E-state index contributed by atoms with van der Waals surface area (Å²) in [4.78, 5) is 30.3. The smallest absolute Gasteiger partial charge is 0.240 e. The molecule has 7 heteroatoms. The second-order valence-corrected chi connectivity index (χ2v) is 8.85. The van der Waals surface area contributed by atoms with Crippen molar-refractivity contribution in [2.24, 2.45) is 5.92 Å². The predicted molar refractivity (Wildman–Crippen MR) is 103 cm³/mol. The van der Waals surface area contributed by atoms with Crippen molar-refractivity contribution in [3.8, 4) is 0 Å². The highest BCUT2D eigenvalue weighted by atomic mass is 32.2. The first-order valence-electron chi connectivity index (χ1n) is 8.62. The molecule has 142 valence electrons. The Labute approximate surface area is 155 Å². The Morgan fingerprint density at radius 2 is 1.88 bits per heavy atom. The van der Waals surface area contributed by atoms with E-state index in [2.05, 4.69) is 35.6 Å². The van der Waals surface area contributed by atoms with Crippen LogP contribution in [0.3, 0.4) is 0 Å². The van der Waals surface area contributed by atoms with Gasteiger partial charge in [0, 0.05) is 24.8 Å². The topological polar surface area (TPSA) is 67.2 Å². The van der Waals surface area contributed by atoms with Gasteiger partial charge in [0.25, 0.3) is 0 Å². The van der Waals surface area contributed by atoms with Crippen molar-refractivity contribution < 1.29 is 9.59 Å². The summed E-state index contributed by atoms with van der Waals surface area (Å²) in [6, 6.07) is 0. The van der Waals surface area contributed by atoms with Crippen LogP contribution in [0.15, 0.2) is 5.16 Å². The fraction of sp³-hybridized carbons (Fsp3) is 0.722. The van der Waals surface area contributed by atoms with Crippen molar-refractivity contribution in [2.75, 3.05) is 19.3 Å². The van der Waals surface area contributed by atoms with Crippen LogP contribution >= 0.6 is 11.8 Å². The molecule has 0 radical (unpaired) electrons. The molecule has 0 aliphatic rings. The number of aryl methyl sites for hydroxylation is 1. The summed E-state index contributed by atoms with van der Waals surface area (Å²) in [5.41, 5.74) is 1.84. The largest absolute Gasteiger partial charge is 0.350 e. The van der Waals surface area contributed by atoms with E-state index in [4.69, 9.17) is 0 Å². The molecule has 1 aromatic rings. The lowest BCUT2D eigenvalue weighted by Gasteiger charge is -2.23. The first-order valence-corrected chi connectivity index (χ1v) is 9.60. The van der Waals surface area contributed by atoms with Crippen LogP contribution in [0.2, 0.25) is 0 Å². The number of nitrogens with zero attached hydrogens (tertiary/aromatic N) is 3. The summed E-state index contributed by atoms with van der Waals surface area (Å²) in [6.07, 6.45) is 0. The average molecular weight is 369 g/mol. The molecule has 1 N–H and O–H groups in total. The number of carbonyl (C=O) groups excluding carboxylic acids is 2. The first-order chi connectivity index (χ1) is 11.4. The maximum atomic E-state index is 12.3. The number of aromatic nitrogens is 2. The molecule has 0 spiro atoms. The standard InChI is InChI=1S/C18H32N4O2S/c1-12(2)9-22-14(4)13(3)19-17(22)25-11-16(24)21(8)10-15(23)20-18(5,6)7/h12H,9-11H2,1-8H3,(H,20,23). The van der Waals surface area contributed by atoms with Gasteiger partial charge in [0.2, 0.25) is 11.8 Å². The van der Waals surface area contributed by atoms with E-state index >= 15 is 0 Å². The van der Waals surface area contributed by atoms with Crippen LogP contribution in [-0.2, 0) is 16.1 Å². The molecular formula is C18H32N4O2S. The number of nitrogens with one attached hydrogen (secondary N) is 1. The maximum absolute atomic E-state index is 12.3. The van der Waals surface area contributed by atoms with Crippen LogP contribution < -0.4 is 5.32 Å². The van der Waals surface area contributed by atoms with Crippen LogP contribution in [-0.4, -0.2) is 51.1 Å². The molecule has 1 heterocycles. The van der Waals surface area contributed by atoms with Gasteiger partial charge in [0.1, 0.15) is 0 Å². The van der Waals surface area contributed by atoms with E-state index in [0.29, 0.717) is 5.92 Å². The van der Waals surface area contributed by atoms with Gasteiger partial charge in [-0.1, -0.05) is 25.6 Å². The van der Waals surface area contributed by atoms with Gasteiger partial charge >= 0.3 is 0 Å². The zero-order valence-corrected chi connectivity index (χ0v) is 17.6. The number of rotatable bonds is 7. The molecule has 25 heavy (non-hydrogen) atoms. The lowest BCUT2D eigenvalue weighted by molar-refractivity contribution is -0.133. The summed E-state index contributed by atoms with van der Waals surface area (Å²) in [5, 5.41) is 3.73. The van der Waals surface area contributed by atoms with E-state index in [1.165, 1.54) is 16.7 Å². The van der Waals surface area contributed by atoms with Gasteiger partial charge in [-0.3, -0.25) is 9.59 Å². The Bertz CT molecular complexity index is 617. The SMILES string of the molecule is Cc1nc(SCC(=O)N(C)CC(=O)NC(C)(C)C)n(CC(C)C)c1C. The van der Waals surface area contributed by atoms with Crippen LogP contribution in [0, 0.1) is 19.8 Å². The van der Waals surface area contributed by atoms with E-state index in [0.717, 1.165) is 23.1 Å². The van der Waals surface area contributed by atoms with Crippen LogP contribution in [0.4, 0.5) is 0 Å². The number of hydrogen-bond acceptors (Lipinski definition) is 4. The molecule has 0 bridgehead atoms. The second kappa shape index (κ2) is 8.74. The monoisotopic (exact) mass is 368 g/mol. The van der Waals surface area contributed by atoms with Gasteiger partial charge in [-0.15, -0.1) is 0 Å². The van der Waals surface area contributed by atoms with Crippen molar-refractivity contribution in [1.82, 2.24) is 19.8 Å². The maximum Gasteiger partial charge on any atom is 0.240 e. The Kier molecular flexibility index (Phi) is 7.53. The number of thioether (sulfide) groups is 1. The zero-order valence-electron chi connectivity index (χ0n) is 16.8. The highest BCUT2D eigenvalue weighted by Gasteiger charge is 2.19. The van der Waals surface area contributed by atoms with Crippen LogP contribution in [0.1, 0.15) is 46.0 Å². The summed E-state index contributed by atoms with van der Waals surface area (Å²) in [7, 11) is 1.65. The van der Waals surface area contributed by atoms with E-state index in [9.17, 15) is 9.59 Å². The minimum Gasteiger partial charge on any atom is -0.350 e. The highest BCUT2D eigenvalue weighted by Crippen LogP contribution is 2.22. The van der Waals surface area contributed by atoms with E-state index in [-0.39, 0.29) is 29.7 Å². The molecule has 1 aromatic heterocycles. The van der Waals surface area contributed by atoms with Gasteiger partial charge in [0.15, 0.2) is 5.16 Å². The number of hydrogen-bond donors (Lipinski definition) is 1. The molecule has 0 saturated carbocycles. The quantitative estimate of drug-likeness (QED) is 0.751. The number of imidazole rings is 1. The minimum atomic E-state index is -0.299. The third-order valence-corrected chi connectivity index (χ3v) is 4.58. The van der Waals surface area contributed by atoms with E-state index < -0.39 is 0 Å². The molecule has 1 rings (SSSR count). The molecule has 6 nitrogen and oxygen atoms in total. The molecular weight excluding hydrogens is 336 g/mol. The van der Waals surface area contributed by atoms with Crippen molar-refractivity contribution in [3.63, 3.8) is 0 Å². The van der Waals surface area contributed by atoms with Crippen LogP contribution in [0.5, 0.6) is 0 Å². The predicted octanol–water partition coefficient (Wildman–Crippen LogP) is 2.62. The summed E-state index contributed by atoms with van der Waals surface area (Å²) in [6.45, 7) is 15.1. The van der Waals surface area contributed by atoms with Crippen molar-refractivity contribution in [3.05, 3.63) is 11.4 Å². The van der Waals surface area contributed by atoms with Crippen molar-refractivity contribution in [2.45, 2.75) is 65.7 Å².